The van der Waals surface area contributed by atoms with Crippen LogP contribution in [-0.2, 0) is 0 Å². The summed E-state index contributed by atoms with van der Waals surface area (Å²) < 4.78 is 0. The van der Waals surface area contributed by atoms with Crippen LogP contribution in [0.5, 0.6) is 0 Å². The van der Waals surface area contributed by atoms with Crippen molar-refractivity contribution in [1.29, 1.82) is 0 Å². The van der Waals surface area contributed by atoms with Crippen molar-refractivity contribution in [3.05, 3.63) is 0 Å². The number of rotatable bonds is 2. The zero-order valence-corrected chi connectivity index (χ0v) is 10.9. The van der Waals surface area contributed by atoms with Gasteiger partial charge >= 0.3 is 0 Å². The average Bonchev–Trinajstić information content (AvgIpc) is 2.26. The molecule has 1 heterocycles. The predicted octanol–water partition coefficient (Wildman–Crippen LogP) is 0.240. The van der Waals surface area contributed by atoms with Crippen LogP contribution in [0.1, 0.15) is 27.2 Å². The van der Waals surface area contributed by atoms with Crippen LogP contribution in [-0.4, -0.2) is 54.5 Å². The zero-order valence-electron chi connectivity index (χ0n) is 10.9. The van der Waals surface area contributed by atoms with Gasteiger partial charge in [-0.05, 0) is 27.3 Å². The maximum atomic E-state index is 5.53. The third kappa shape index (κ3) is 3.09. The van der Waals surface area contributed by atoms with Crippen LogP contribution in [0.4, 0.5) is 0 Å². The summed E-state index contributed by atoms with van der Waals surface area (Å²) in [6.07, 6.45) is 1.05. The van der Waals surface area contributed by atoms with Crippen molar-refractivity contribution >= 4 is 5.96 Å². The molecule has 1 fully saturated rings. The summed E-state index contributed by atoms with van der Waals surface area (Å²) >= 11 is 0. The van der Waals surface area contributed by atoms with Crippen LogP contribution in [0.15, 0.2) is 4.99 Å². The number of nitrogens with two attached hydrogens (primary N) is 1. The third-order valence-corrected chi connectivity index (χ3v) is 3.27. The van der Waals surface area contributed by atoms with E-state index < -0.39 is 0 Å². The molecule has 0 amide bonds. The predicted molar refractivity (Wildman–Crippen MR) is 68.2 cm³/mol. The molecule has 5 nitrogen and oxygen atoms in total. The van der Waals surface area contributed by atoms with Gasteiger partial charge in [0, 0.05) is 31.7 Å². The van der Waals surface area contributed by atoms with E-state index in [4.69, 9.17) is 5.84 Å². The molecule has 1 rings (SSSR count). The van der Waals surface area contributed by atoms with Crippen molar-refractivity contribution in [3.8, 4) is 0 Å². The normalized spacial score (nSPS) is 28.3. The lowest BCUT2D eigenvalue weighted by atomic mass is 10.1. The van der Waals surface area contributed by atoms with Crippen molar-refractivity contribution in [2.45, 2.75) is 39.3 Å². The van der Waals surface area contributed by atoms with E-state index >= 15 is 0 Å². The second-order valence-electron chi connectivity index (χ2n) is 4.62. The number of nitrogens with zero attached hydrogens (tertiary/aromatic N) is 3. The molecule has 0 aliphatic carbocycles. The highest BCUT2D eigenvalue weighted by Gasteiger charge is 2.27. The van der Waals surface area contributed by atoms with E-state index in [1.54, 1.807) is 0 Å². The van der Waals surface area contributed by atoms with Crippen molar-refractivity contribution in [3.63, 3.8) is 0 Å². The Kier molecular flexibility index (Phi) is 5.02. The molecule has 1 saturated heterocycles. The molecule has 94 valence electrons. The van der Waals surface area contributed by atoms with Gasteiger partial charge in [0.2, 0.25) is 5.96 Å². The topological polar surface area (TPSA) is 56.9 Å². The van der Waals surface area contributed by atoms with Crippen molar-refractivity contribution in [2.75, 3.05) is 26.7 Å². The van der Waals surface area contributed by atoms with E-state index in [9.17, 15) is 0 Å². The number of guanidine groups is 1. The lowest BCUT2D eigenvalue weighted by Crippen LogP contribution is -2.59. The summed E-state index contributed by atoms with van der Waals surface area (Å²) in [5.41, 5.74) is 2.72. The molecule has 16 heavy (non-hydrogen) atoms. The van der Waals surface area contributed by atoms with Gasteiger partial charge in [0.05, 0.1) is 0 Å². The fourth-order valence-electron chi connectivity index (χ4n) is 2.03. The molecule has 5 heteroatoms. The van der Waals surface area contributed by atoms with Gasteiger partial charge in [0.1, 0.15) is 0 Å². The van der Waals surface area contributed by atoms with Crippen molar-refractivity contribution in [2.24, 2.45) is 10.8 Å². The number of nitrogens with one attached hydrogen (secondary N) is 1. The standard InChI is InChI=1S/C11H25N5/c1-5-6-13-11(14-12)16-7-9(2)15(4)10(3)8-16/h9-10H,5-8,12H2,1-4H3,(H,13,14). The molecule has 0 aromatic rings. The van der Waals surface area contributed by atoms with Gasteiger partial charge < -0.3 is 4.90 Å². The molecule has 2 atom stereocenters. The van der Waals surface area contributed by atoms with Gasteiger partial charge in [-0.3, -0.25) is 15.3 Å². The Bertz CT molecular complexity index is 229. The minimum Gasteiger partial charge on any atom is -0.339 e. The Hall–Kier alpha value is -0.810. The molecule has 0 radical (unpaired) electrons. The van der Waals surface area contributed by atoms with Crippen LogP contribution < -0.4 is 11.3 Å². The Balaban J connectivity index is 2.65. The quantitative estimate of drug-likeness (QED) is 0.307. The minimum atomic E-state index is 0.531. The van der Waals surface area contributed by atoms with Crippen LogP contribution in [0.2, 0.25) is 0 Å². The smallest absolute Gasteiger partial charge is 0.208 e. The van der Waals surface area contributed by atoms with Crippen LogP contribution >= 0.6 is 0 Å². The maximum absolute atomic E-state index is 5.53. The minimum absolute atomic E-state index is 0.531. The lowest BCUT2D eigenvalue weighted by molar-refractivity contribution is 0.0966. The van der Waals surface area contributed by atoms with Crippen LogP contribution in [0.3, 0.4) is 0 Å². The van der Waals surface area contributed by atoms with Gasteiger partial charge in [0.25, 0.3) is 0 Å². The second kappa shape index (κ2) is 6.06. The second-order valence-corrected chi connectivity index (χ2v) is 4.62. The Morgan fingerprint density at radius 1 is 1.38 bits per heavy atom. The van der Waals surface area contributed by atoms with Crippen LogP contribution in [0, 0.1) is 0 Å². The molecular weight excluding hydrogens is 202 g/mol. The van der Waals surface area contributed by atoms with E-state index in [0.29, 0.717) is 12.1 Å². The van der Waals surface area contributed by atoms with E-state index in [2.05, 4.69) is 48.0 Å². The molecule has 0 spiro atoms. The largest absolute Gasteiger partial charge is 0.339 e. The Morgan fingerprint density at radius 3 is 2.38 bits per heavy atom. The average molecular weight is 227 g/mol. The molecule has 0 aromatic heterocycles. The van der Waals surface area contributed by atoms with Gasteiger partial charge in [-0.15, -0.1) is 0 Å². The number of hydrazine groups is 1. The number of piperazine rings is 1. The van der Waals surface area contributed by atoms with Crippen LogP contribution in [0.25, 0.3) is 0 Å². The molecule has 2 unspecified atom stereocenters. The summed E-state index contributed by atoms with van der Waals surface area (Å²) in [7, 11) is 2.17. The fourth-order valence-corrected chi connectivity index (χ4v) is 2.03. The summed E-state index contributed by atoms with van der Waals surface area (Å²) in [6, 6.07) is 1.06. The molecule has 3 N–H and O–H groups in total. The maximum Gasteiger partial charge on any atom is 0.208 e. The zero-order chi connectivity index (χ0) is 12.1. The Labute approximate surface area is 98.7 Å². The highest BCUT2D eigenvalue weighted by atomic mass is 15.4. The first-order chi connectivity index (χ1) is 7.60. The molecule has 0 saturated carbocycles. The molecular formula is C11H25N5. The third-order valence-electron chi connectivity index (χ3n) is 3.27. The van der Waals surface area contributed by atoms with Gasteiger partial charge in [-0.1, -0.05) is 6.92 Å². The summed E-state index contributed by atoms with van der Waals surface area (Å²) in [4.78, 5) is 9.10. The van der Waals surface area contributed by atoms with E-state index in [1.807, 2.05) is 0 Å². The first kappa shape index (κ1) is 13.3. The van der Waals surface area contributed by atoms with E-state index in [1.165, 1.54) is 0 Å². The van der Waals surface area contributed by atoms with Crippen molar-refractivity contribution in [1.82, 2.24) is 15.2 Å². The monoisotopic (exact) mass is 227 g/mol. The van der Waals surface area contributed by atoms with Gasteiger partial charge in [-0.2, -0.15) is 0 Å². The highest BCUT2D eigenvalue weighted by molar-refractivity contribution is 5.79. The summed E-state index contributed by atoms with van der Waals surface area (Å²) in [5.74, 6) is 6.36. The molecule has 0 aromatic carbocycles. The number of hydrogen-bond acceptors (Lipinski definition) is 3. The number of likely N-dealkylation sites (N-methyl/N-ethyl adjacent to an activating group) is 1. The first-order valence-electron chi connectivity index (χ1n) is 6.08. The van der Waals surface area contributed by atoms with E-state index in [-0.39, 0.29) is 0 Å². The number of aliphatic imine (C=N–C) groups is 1. The SMILES string of the molecule is CCCN=C(NN)N1CC(C)N(C)C(C)C1. The number of hydrogen-bond donors (Lipinski definition) is 2. The first-order valence-corrected chi connectivity index (χ1v) is 6.08. The Morgan fingerprint density at radius 2 is 1.94 bits per heavy atom. The highest BCUT2D eigenvalue weighted by Crippen LogP contribution is 2.13. The summed E-state index contributed by atoms with van der Waals surface area (Å²) in [5, 5.41) is 0. The molecule has 1 aliphatic heterocycles. The molecule has 0 bridgehead atoms. The van der Waals surface area contributed by atoms with E-state index in [0.717, 1.165) is 32.0 Å². The van der Waals surface area contributed by atoms with Gasteiger partial charge in [0.15, 0.2) is 0 Å². The fraction of sp³-hybridized carbons (Fsp3) is 0.909. The summed E-state index contributed by atoms with van der Waals surface area (Å²) in [6.45, 7) is 9.37. The molecule has 1 aliphatic rings. The van der Waals surface area contributed by atoms with Crippen molar-refractivity contribution < 1.29 is 0 Å². The lowest BCUT2D eigenvalue weighted by Gasteiger charge is -2.43. The van der Waals surface area contributed by atoms with Gasteiger partial charge in [-0.25, -0.2) is 5.84 Å².